The third kappa shape index (κ3) is 3.09. The molecule has 0 spiro atoms. The standard InChI is InChI=1S/C14H10F3N3Se/c15-14(16,17)10-6-4-9(5-7-10)8-18-11-2-1-3-12-13(11)20-21-19-12/h1-7,18H,8H2. The normalized spacial score (nSPS) is 11.8. The molecule has 1 N–H and O–H groups in total. The molecule has 1 heterocycles. The first-order valence-corrected chi connectivity index (χ1v) is 7.68. The zero-order valence-corrected chi connectivity index (χ0v) is 12.4. The number of hydrogen-bond donors (Lipinski definition) is 1. The topological polar surface area (TPSA) is 37.8 Å². The van der Waals surface area contributed by atoms with Crippen molar-refractivity contribution in [3.8, 4) is 0 Å². The van der Waals surface area contributed by atoms with E-state index < -0.39 is 11.7 Å². The van der Waals surface area contributed by atoms with E-state index >= 15 is 0 Å². The van der Waals surface area contributed by atoms with Crippen molar-refractivity contribution in [1.29, 1.82) is 0 Å². The van der Waals surface area contributed by atoms with Gasteiger partial charge < -0.3 is 0 Å². The van der Waals surface area contributed by atoms with E-state index in [9.17, 15) is 13.2 Å². The molecule has 3 nitrogen and oxygen atoms in total. The van der Waals surface area contributed by atoms with Crippen LogP contribution in [0.2, 0.25) is 0 Å². The van der Waals surface area contributed by atoms with Gasteiger partial charge in [0.05, 0.1) is 0 Å². The second-order valence-corrected chi connectivity index (χ2v) is 5.59. The predicted octanol–water partition coefficient (Wildman–Crippen LogP) is 3.32. The minimum atomic E-state index is -4.30. The molecule has 0 unspecified atom stereocenters. The number of halogens is 3. The van der Waals surface area contributed by atoms with E-state index in [1.54, 1.807) is 0 Å². The molecule has 21 heavy (non-hydrogen) atoms. The van der Waals surface area contributed by atoms with E-state index in [2.05, 4.69) is 13.3 Å². The molecule has 0 aliphatic heterocycles. The summed E-state index contributed by atoms with van der Waals surface area (Å²) >= 11 is -0.103. The van der Waals surface area contributed by atoms with E-state index in [1.165, 1.54) is 12.1 Å². The zero-order valence-electron chi connectivity index (χ0n) is 10.7. The zero-order chi connectivity index (χ0) is 14.9. The van der Waals surface area contributed by atoms with Gasteiger partial charge in [0.15, 0.2) is 0 Å². The number of nitrogens with one attached hydrogen (secondary N) is 1. The third-order valence-corrected chi connectivity index (χ3v) is 4.19. The predicted molar refractivity (Wildman–Crippen MR) is 75.2 cm³/mol. The summed E-state index contributed by atoms with van der Waals surface area (Å²) < 4.78 is 46.1. The SMILES string of the molecule is FC(F)(F)c1ccc(CNc2cccc3n[se]nc23)cc1. The quantitative estimate of drug-likeness (QED) is 0.732. The monoisotopic (exact) mass is 357 g/mol. The summed E-state index contributed by atoms with van der Waals surface area (Å²) in [5.41, 5.74) is 2.71. The molecular weight excluding hydrogens is 346 g/mol. The Morgan fingerprint density at radius 3 is 2.48 bits per heavy atom. The van der Waals surface area contributed by atoms with Gasteiger partial charge in [-0.25, -0.2) is 0 Å². The number of alkyl halides is 3. The second-order valence-electron chi connectivity index (χ2n) is 4.49. The molecule has 3 aromatic rings. The van der Waals surface area contributed by atoms with Crippen molar-refractivity contribution in [2.24, 2.45) is 0 Å². The molecule has 0 aliphatic rings. The van der Waals surface area contributed by atoms with Gasteiger partial charge in [0.2, 0.25) is 0 Å². The summed E-state index contributed by atoms with van der Waals surface area (Å²) in [4.78, 5) is 0. The Bertz CT molecular complexity index is 750. The van der Waals surface area contributed by atoms with Crippen molar-refractivity contribution in [1.82, 2.24) is 7.96 Å². The number of aromatic nitrogens is 2. The fraction of sp³-hybridized carbons (Fsp3) is 0.143. The Morgan fingerprint density at radius 1 is 1.00 bits per heavy atom. The molecule has 0 atom stereocenters. The van der Waals surface area contributed by atoms with Gasteiger partial charge in [-0.15, -0.1) is 0 Å². The van der Waals surface area contributed by atoms with Crippen LogP contribution >= 0.6 is 0 Å². The van der Waals surface area contributed by atoms with Crippen molar-refractivity contribution in [3.63, 3.8) is 0 Å². The van der Waals surface area contributed by atoms with E-state index in [0.29, 0.717) is 6.54 Å². The van der Waals surface area contributed by atoms with Gasteiger partial charge in [0, 0.05) is 0 Å². The van der Waals surface area contributed by atoms with Gasteiger partial charge in [-0.3, -0.25) is 0 Å². The van der Waals surface area contributed by atoms with Gasteiger partial charge in [0.25, 0.3) is 0 Å². The molecule has 0 aliphatic carbocycles. The van der Waals surface area contributed by atoms with Crippen molar-refractivity contribution >= 4 is 31.7 Å². The van der Waals surface area contributed by atoms with Crippen molar-refractivity contribution in [2.75, 3.05) is 5.32 Å². The van der Waals surface area contributed by atoms with Crippen LogP contribution in [0.4, 0.5) is 18.9 Å². The summed E-state index contributed by atoms with van der Waals surface area (Å²) in [6.45, 7) is 0.442. The molecular formula is C14H10F3N3Se. The van der Waals surface area contributed by atoms with E-state index in [-0.39, 0.29) is 15.0 Å². The van der Waals surface area contributed by atoms with Crippen LogP contribution in [0.5, 0.6) is 0 Å². The van der Waals surface area contributed by atoms with E-state index in [1.807, 2.05) is 18.2 Å². The van der Waals surface area contributed by atoms with Crippen molar-refractivity contribution in [3.05, 3.63) is 53.6 Å². The molecule has 3 rings (SSSR count). The van der Waals surface area contributed by atoms with E-state index in [4.69, 9.17) is 0 Å². The summed E-state index contributed by atoms with van der Waals surface area (Å²) in [7, 11) is 0. The van der Waals surface area contributed by atoms with Crippen LogP contribution in [0.1, 0.15) is 11.1 Å². The molecule has 0 radical (unpaired) electrons. The first-order valence-electron chi connectivity index (χ1n) is 6.15. The van der Waals surface area contributed by atoms with Crippen molar-refractivity contribution < 1.29 is 13.2 Å². The first-order chi connectivity index (χ1) is 10.0. The Kier molecular flexibility index (Phi) is 3.69. The molecule has 0 bridgehead atoms. The summed E-state index contributed by atoms with van der Waals surface area (Å²) in [6, 6.07) is 10.8. The van der Waals surface area contributed by atoms with Gasteiger partial charge in [-0.2, -0.15) is 0 Å². The van der Waals surface area contributed by atoms with Gasteiger partial charge in [-0.05, 0) is 0 Å². The molecule has 108 valence electrons. The number of rotatable bonds is 3. The van der Waals surface area contributed by atoms with E-state index in [0.717, 1.165) is 34.4 Å². The molecule has 0 saturated carbocycles. The molecule has 7 heteroatoms. The van der Waals surface area contributed by atoms with Crippen LogP contribution in [-0.4, -0.2) is 22.9 Å². The van der Waals surface area contributed by atoms with Crippen LogP contribution < -0.4 is 5.32 Å². The number of nitrogens with zero attached hydrogens (tertiary/aromatic N) is 2. The molecule has 0 amide bonds. The van der Waals surface area contributed by atoms with Gasteiger partial charge >= 0.3 is 124 Å². The maximum atomic E-state index is 12.5. The molecule has 0 saturated heterocycles. The van der Waals surface area contributed by atoms with Crippen molar-refractivity contribution in [2.45, 2.75) is 12.7 Å². The van der Waals surface area contributed by atoms with Crippen LogP contribution in [0.15, 0.2) is 42.5 Å². The fourth-order valence-electron chi connectivity index (χ4n) is 1.96. The summed E-state index contributed by atoms with van der Waals surface area (Å²) in [5.74, 6) is 0. The molecule has 0 fully saturated rings. The Hall–Kier alpha value is -1.85. The number of fused-ring (bicyclic) bond motifs is 1. The Balaban J connectivity index is 1.74. The summed E-state index contributed by atoms with van der Waals surface area (Å²) in [5, 5.41) is 3.19. The third-order valence-electron chi connectivity index (χ3n) is 3.05. The summed E-state index contributed by atoms with van der Waals surface area (Å²) in [6.07, 6.45) is -4.30. The average molecular weight is 356 g/mol. The minimum absolute atomic E-state index is 0.103. The molecule has 2 aromatic carbocycles. The van der Waals surface area contributed by atoms with Crippen LogP contribution in [-0.2, 0) is 12.7 Å². The van der Waals surface area contributed by atoms with Crippen LogP contribution in [0.25, 0.3) is 11.0 Å². The van der Waals surface area contributed by atoms with Crippen LogP contribution in [0.3, 0.4) is 0 Å². The van der Waals surface area contributed by atoms with Crippen LogP contribution in [0, 0.1) is 0 Å². The number of hydrogen-bond acceptors (Lipinski definition) is 3. The molecule has 1 aromatic heterocycles. The maximum absolute atomic E-state index is 12.5. The number of benzene rings is 2. The number of anilines is 1. The Morgan fingerprint density at radius 2 is 1.76 bits per heavy atom. The second kappa shape index (κ2) is 5.50. The van der Waals surface area contributed by atoms with Gasteiger partial charge in [-0.1, -0.05) is 0 Å². The first kappa shape index (κ1) is 14.1. The Labute approximate surface area is 125 Å². The fourth-order valence-corrected chi connectivity index (χ4v) is 3.11. The van der Waals surface area contributed by atoms with Gasteiger partial charge in [0.1, 0.15) is 0 Å². The average Bonchev–Trinajstić information content (AvgIpc) is 2.93.